The van der Waals surface area contributed by atoms with E-state index >= 15 is 0 Å². The molecule has 96 valence electrons. The molecule has 2 aromatic rings. The fourth-order valence-corrected chi connectivity index (χ4v) is 2.20. The van der Waals surface area contributed by atoms with Crippen LogP contribution in [0.15, 0.2) is 48.5 Å². The molecule has 0 spiro atoms. The highest BCUT2D eigenvalue weighted by molar-refractivity contribution is 6.30. The molecule has 2 aromatic carbocycles. The third-order valence-corrected chi connectivity index (χ3v) is 3.28. The Labute approximate surface area is 118 Å². The molecule has 3 heteroatoms. The zero-order chi connectivity index (χ0) is 13.7. The summed E-state index contributed by atoms with van der Waals surface area (Å²) >= 11 is 6.00. The number of hydrogen-bond donors (Lipinski definition) is 1. The van der Waals surface area contributed by atoms with Crippen molar-refractivity contribution in [1.29, 1.82) is 5.26 Å². The number of rotatable bonds is 4. The lowest BCUT2D eigenvalue weighted by Crippen LogP contribution is -2.10. The van der Waals surface area contributed by atoms with Gasteiger partial charge in [0.15, 0.2) is 0 Å². The van der Waals surface area contributed by atoms with Crippen LogP contribution in [0.5, 0.6) is 0 Å². The maximum Gasteiger partial charge on any atom is 0.101 e. The first kappa shape index (κ1) is 13.5. The van der Waals surface area contributed by atoms with Crippen molar-refractivity contribution in [2.75, 3.05) is 5.32 Å². The summed E-state index contributed by atoms with van der Waals surface area (Å²) < 4.78 is 0. The smallest absolute Gasteiger partial charge is 0.101 e. The Balaban J connectivity index is 2.29. The summed E-state index contributed by atoms with van der Waals surface area (Å²) in [6.45, 7) is 2.11. The second-order valence-corrected chi connectivity index (χ2v) is 4.75. The predicted molar refractivity (Wildman–Crippen MR) is 79.3 cm³/mol. The highest BCUT2D eigenvalue weighted by Gasteiger charge is 2.11. The number of anilines is 1. The van der Waals surface area contributed by atoms with Crippen LogP contribution in [0.2, 0.25) is 5.02 Å². The Morgan fingerprint density at radius 1 is 1.21 bits per heavy atom. The van der Waals surface area contributed by atoms with Crippen molar-refractivity contribution in [3.63, 3.8) is 0 Å². The zero-order valence-electron chi connectivity index (χ0n) is 10.7. The molecule has 0 saturated heterocycles. The van der Waals surface area contributed by atoms with Gasteiger partial charge in [-0.1, -0.05) is 48.9 Å². The van der Waals surface area contributed by atoms with Crippen LogP contribution in [0.3, 0.4) is 0 Å². The second-order valence-electron chi connectivity index (χ2n) is 4.32. The number of hydrogen-bond acceptors (Lipinski definition) is 2. The molecular weight excluding hydrogens is 256 g/mol. The molecule has 0 aliphatic heterocycles. The van der Waals surface area contributed by atoms with E-state index in [-0.39, 0.29) is 6.04 Å². The van der Waals surface area contributed by atoms with Crippen molar-refractivity contribution in [2.45, 2.75) is 19.4 Å². The normalized spacial score (nSPS) is 11.6. The summed E-state index contributed by atoms with van der Waals surface area (Å²) in [4.78, 5) is 0. The third-order valence-electron chi connectivity index (χ3n) is 3.04. The van der Waals surface area contributed by atoms with Gasteiger partial charge in [-0.25, -0.2) is 0 Å². The van der Waals surface area contributed by atoms with Crippen LogP contribution in [0, 0.1) is 11.3 Å². The van der Waals surface area contributed by atoms with Crippen molar-refractivity contribution >= 4 is 17.3 Å². The molecule has 2 rings (SSSR count). The van der Waals surface area contributed by atoms with Gasteiger partial charge in [0.1, 0.15) is 6.07 Å². The molecule has 19 heavy (non-hydrogen) atoms. The SMILES string of the molecule is CCC(Nc1cc(Cl)ccc1C#N)c1ccccc1. The minimum Gasteiger partial charge on any atom is -0.377 e. The van der Waals surface area contributed by atoms with Gasteiger partial charge in [0.2, 0.25) is 0 Å². The van der Waals surface area contributed by atoms with Crippen LogP contribution in [0.25, 0.3) is 0 Å². The average molecular weight is 271 g/mol. The van der Waals surface area contributed by atoms with E-state index in [2.05, 4.69) is 30.4 Å². The van der Waals surface area contributed by atoms with E-state index in [0.29, 0.717) is 10.6 Å². The predicted octanol–water partition coefficient (Wildman–Crippen LogP) is 4.77. The fourth-order valence-electron chi connectivity index (χ4n) is 2.03. The van der Waals surface area contributed by atoms with Crippen LogP contribution < -0.4 is 5.32 Å². The Morgan fingerprint density at radius 3 is 2.58 bits per heavy atom. The second kappa shape index (κ2) is 6.26. The number of nitrogens with zero attached hydrogens (tertiary/aromatic N) is 1. The van der Waals surface area contributed by atoms with Crippen LogP contribution >= 0.6 is 11.6 Å². The molecule has 0 fully saturated rings. The van der Waals surface area contributed by atoms with Gasteiger partial charge in [0.25, 0.3) is 0 Å². The van der Waals surface area contributed by atoms with E-state index in [4.69, 9.17) is 16.9 Å². The van der Waals surface area contributed by atoms with Gasteiger partial charge >= 0.3 is 0 Å². The van der Waals surface area contributed by atoms with Crippen LogP contribution in [0.4, 0.5) is 5.69 Å². The number of benzene rings is 2. The lowest BCUT2D eigenvalue weighted by molar-refractivity contribution is 0.749. The van der Waals surface area contributed by atoms with Crippen molar-refractivity contribution in [1.82, 2.24) is 0 Å². The van der Waals surface area contributed by atoms with Crippen molar-refractivity contribution in [2.24, 2.45) is 0 Å². The van der Waals surface area contributed by atoms with Gasteiger partial charge in [-0.05, 0) is 30.2 Å². The van der Waals surface area contributed by atoms with Gasteiger partial charge in [-0.2, -0.15) is 5.26 Å². The molecule has 0 radical (unpaired) electrons. The maximum atomic E-state index is 9.13. The summed E-state index contributed by atoms with van der Waals surface area (Å²) in [5.41, 5.74) is 2.60. The number of halogens is 1. The largest absolute Gasteiger partial charge is 0.377 e. The lowest BCUT2D eigenvalue weighted by Gasteiger charge is -2.19. The third kappa shape index (κ3) is 3.27. The molecule has 0 amide bonds. The molecule has 0 saturated carbocycles. The summed E-state index contributed by atoms with van der Waals surface area (Å²) in [7, 11) is 0. The first-order valence-electron chi connectivity index (χ1n) is 6.25. The van der Waals surface area contributed by atoms with E-state index in [1.807, 2.05) is 18.2 Å². The quantitative estimate of drug-likeness (QED) is 0.868. The fraction of sp³-hybridized carbons (Fsp3) is 0.188. The first-order chi connectivity index (χ1) is 9.24. The molecule has 1 unspecified atom stereocenters. The van der Waals surface area contributed by atoms with Gasteiger partial charge in [0.05, 0.1) is 17.3 Å². The lowest BCUT2D eigenvalue weighted by atomic mass is 10.0. The van der Waals surface area contributed by atoms with E-state index in [9.17, 15) is 0 Å². The standard InChI is InChI=1S/C16H15ClN2/c1-2-15(12-6-4-3-5-7-12)19-16-10-14(17)9-8-13(16)11-18/h3-10,15,19H,2H2,1H3. The topological polar surface area (TPSA) is 35.8 Å². The Hall–Kier alpha value is -1.98. The summed E-state index contributed by atoms with van der Waals surface area (Å²) in [5.74, 6) is 0. The summed E-state index contributed by atoms with van der Waals surface area (Å²) in [6.07, 6.45) is 0.932. The minimum absolute atomic E-state index is 0.173. The van der Waals surface area contributed by atoms with Gasteiger partial charge in [-0.3, -0.25) is 0 Å². The molecule has 0 aliphatic rings. The zero-order valence-corrected chi connectivity index (χ0v) is 11.5. The summed E-state index contributed by atoms with van der Waals surface area (Å²) in [5, 5.41) is 13.2. The van der Waals surface area contributed by atoms with Gasteiger partial charge in [-0.15, -0.1) is 0 Å². The van der Waals surface area contributed by atoms with E-state index in [0.717, 1.165) is 12.1 Å². The van der Waals surface area contributed by atoms with E-state index in [1.54, 1.807) is 18.2 Å². The van der Waals surface area contributed by atoms with Crippen LogP contribution in [-0.2, 0) is 0 Å². The average Bonchev–Trinajstić information content (AvgIpc) is 2.46. The first-order valence-corrected chi connectivity index (χ1v) is 6.63. The summed E-state index contributed by atoms with van der Waals surface area (Å²) in [6, 6.07) is 17.8. The molecule has 0 aromatic heterocycles. The highest BCUT2D eigenvalue weighted by atomic mass is 35.5. The van der Waals surface area contributed by atoms with Gasteiger partial charge < -0.3 is 5.32 Å². The van der Waals surface area contributed by atoms with Crippen molar-refractivity contribution < 1.29 is 0 Å². The molecular formula is C16H15ClN2. The van der Waals surface area contributed by atoms with Crippen LogP contribution in [-0.4, -0.2) is 0 Å². The molecule has 0 aliphatic carbocycles. The molecule has 0 heterocycles. The molecule has 1 atom stereocenters. The van der Waals surface area contributed by atoms with E-state index < -0.39 is 0 Å². The minimum atomic E-state index is 0.173. The van der Waals surface area contributed by atoms with E-state index in [1.165, 1.54) is 5.56 Å². The van der Waals surface area contributed by atoms with Crippen molar-refractivity contribution in [3.05, 3.63) is 64.7 Å². The Morgan fingerprint density at radius 2 is 1.95 bits per heavy atom. The molecule has 0 bridgehead atoms. The van der Waals surface area contributed by atoms with Crippen molar-refractivity contribution in [3.8, 4) is 6.07 Å². The number of nitriles is 1. The Bertz CT molecular complexity index is 587. The molecule has 1 N–H and O–H groups in total. The molecule has 2 nitrogen and oxygen atoms in total. The van der Waals surface area contributed by atoms with Crippen LogP contribution in [0.1, 0.15) is 30.5 Å². The highest BCUT2D eigenvalue weighted by Crippen LogP contribution is 2.27. The van der Waals surface area contributed by atoms with Gasteiger partial charge in [0, 0.05) is 5.02 Å². The Kier molecular flexibility index (Phi) is 4.43. The maximum absolute atomic E-state index is 9.13. The monoisotopic (exact) mass is 270 g/mol. The number of nitrogens with one attached hydrogen (secondary N) is 1.